The molecule has 1 aliphatic rings. The van der Waals surface area contributed by atoms with Crippen molar-refractivity contribution < 1.29 is 23.5 Å². The lowest BCUT2D eigenvalue weighted by Crippen LogP contribution is -2.38. The van der Waals surface area contributed by atoms with E-state index < -0.39 is 11.9 Å². The van der Waals surface area contributed by atoms with Gasteiger partial charge in [0.1, 0.15) is 12.1 Å². The van der Waals surface area contributed by atoms with Crippen molar-refractivity contribution >= 4 is 11.9 Å². The minimum Gasteiger partial charge on any atom is -0.481 e. The number of amides is 1. The van der Waals surface area contributed by atoms with Crippen LogP contribution in [0.5, 0.6) is 0 Å². The van der Waals surface area contributed by atoms with E-state index in [1.54, 1.807) is 24.0 Å². The number of halogens is 1. The first-order valence-electron chi connectivity index (χ1n) is 7.68. The van der Waals surface area contributed by atoms with Gasteiger partial charge in [-0.05, 0) is 37.6 Å². The Kier molecular flexibility index (Phi) is 4.33. The van der Waals surface area contributed by atoms with Gasteiger partial charge in [0.25, 0.3) is 0 Å². The Morgan fingerprint density at radius 3 is 2.71 bits per heavy atom. The molecule has 1 fully saturated rings. The highest BCUT2D eigenvalue weighted by molar-refractivity contribution is 5.81. The number of nitrogens with zero attached hydrogens (tertiary/aromatic N) is 2. The topological polar surface area (TPSA) is 83.6 Å². The van der Waals surface area contributed by atoms with Crippen LogP contribution in [0.15, 0.2) is 34.9 Å². The molecule has 1 N–H and O–H groups in total. The van der Waals surface area contributed by atoms with Gasteiger partial charge in [0.15, 0.2) is 0 Å². The number of carbonyl (C=O) groups is 2. The van der Waals surface area contributed by atoms with Crippen LogP contribution in [0, 0.1) is 11.7 Å². The number of carbonyl (C=O) groups excluding carboxylic acids is 1. The molecule has 2 heterocycles. The first kappa shape index (κ1) is 16.2. The maximum absolute atomic E-state index is 12.9. The Morgan fingerprint density at radius 2 is 2.08 bits per heavy atom. The second-order valence-corrected chi connectivity index (χ2v) is 5.89. The Morgan fingerprint density at radius 1 is 1.38 bits per heavy atom. The number of carboxylic acids is 1. The number of likely N-dealkylation sites (tertiary alicyclic amines) is 1. The molecular weight excluding hydrogens is 315 g/mol. The zero-order chi connectivity index (χ0) is 17.3. The summed E-state index contributed by atoms with van der Waals surface area (Å²) in [4.78, 5) is 29.3. The van der Waals surface area contributed by atoms with Crippen molar-refractivity contribution in [3.8, 4) is 11.5 Å². The van der Waals surface area contributed by atoms with Crippen molar-refractivity contribution in [2.75, 3.05) is 6.54 Å². The number of carboxylic acid groups (broad SMARTS) is 1. The van der Waals surface area contributed by atoms with Gasteiger partial charge in [-0.1, -0.05) is 0 Å². The summed E-state index contributed by atoms with van der Waals surface area (Å²) in [5.41, 5.74) is 1.08. The lowest BCUT2D eigenvalue weighted by Gasteiger charge is -2.22. The predicted octanol–water partition coefficient (Wildman–Crippen LogP) is 2.34. The van der Waals surface area contributed by atoms with E-state index >= 15 is 0 Å². The number of hydrogen-bond donors (Lipinski definition) is 1. The van der Waals surface area contributed by atoms with Gasteiger partial charge in [-0.3, -0.25) is 9.59 Å². The van der Waals surface area contributed by atoms with Gasteiger partial charge in [-0.2, -0.15) is 0 Å². The molecule has 0 bridgehead atoms. The fourth-order valence-electron chi connectivity index (χ4n) is 2.99. The van der Waals surface area contributed by atoms with Crippen LogP contribution in [0.25, 0.3) is 11.5 Å². The summed E-state index contributed by atoms with van der Waals surface area (Å²) in [5.74, 6) is -1.61. The van der Waals surface area contributed by atoms with Gasteiger partial charge < -0.3 is 14.4 Å². The number of aromatic nitrogens is 1. The molecular formula is C17H17FN2O4. The smallest absolute Gasteiger partial charge is 0.308 e. The van der Waals surface area contributed by atoms with Crippen LogP contribution in [-0.2, 0) is 16.0 Å². The number of rotatable bonds is 4. The van der Waals surface area contributed by atoms with E-state index in [0.29, 0.717) is 30.1 Å². The van der Waals surface area contributed by atoms with E-state index in [1.165, 1.54) is 18.4 Å². The van der Waals surface area contributed by atoms with Crippen molar-refractivity contribution in [3.05, 3.63) is 42.0 Å². The molecule has 0 aliphatic carbocycles. The highest BCUT2D eigenvalue weighted by Crippen LogP contribution is 2.25. The molecule has 1 aromatic heterocycles. The minimum atomic E-state index is -0.877. The fourth-order valence-corrected chi connectivity index (χ4v) is 2.99. The monoisotopic (exact) mass is 332 g/mol. The SMILES string of the molecule is CC1C(C(=O)O)CCN1C(=O)Cc1coc(-c2ccc(F)cc2)n1. The second-order valence-electron chi connectivity index (χ2n) is 5.89. The van der Waals surface area contributed by atoms with Crippen molar-refractivity contribution in [2.45, 2.75) is 25.8 Å². The average molecular weight is 332 g/mol. The Balaban J connectivity index is 1.68. The first-order chi connectivity index (χ1) is 11.5. The van der Waals surface area contributed by atoms with Crippen molar-refractivity contribution in [1.29, 1.82) is 0 Å². The number of hydrogen-bond acceptors (Lipinski definition) is 4. The highest BCUT2D eigenvalue weighted by Gasteiger charge is 2.38. The maximum atomic E-state index is 12.9. The van der Waals surface area contributed by atoms with Crippen LogP contribution in [0.3, 0.4) is 0 Å². The summed E-state index contributed by atoms with van der Waals surface area (Å²) < 4.78 is 18.3. The molecule has 1 amide bonds. The molecule has 1 saturated heterocycles. The van der Waals surface area contributed by atoms with E-state index in [9.17, 15) is 14.0 Å². The zero-order valence-electron chi connectivity index (χ0n) is 13.1. The van der Waals surface area contributed by atoms with E-state index in [1.807, 2.05) is 0 Å². The summed E-state index contributed by atoms with van der Waals surface area (Å²) in [6.07, 6.45) is 1.90. The first-order valence-corrected chi connectivity index (χ1v) is 7.68. The highest BCUT2D eigenvalue weighted by atomic mass is 19.1. The number of benzene rings is 1. The molecule has 24 heavy (non-hydrogen) atoms. The van der Waals surface area contributed by atoms with Gasteiger partial charge in [-0.15, -0.1) is 0 Å². The summed E-state index contributed by atoms with van der Waals surface area (Å²) >= 11 is 0. The molecule has 7 heteroatoms. The summed E-state index contributed by atoms with van der Waals surface area (Å²) in [6, 6.07) is 5.38. The van der Waals surface area contributed by atoms with Crippen LogP contribution in [0.4, 0.5) is 4.39 Å². The standard InChI is InChI=1S/C17H17FN2O4/c1-10-14(17(22)23)6-7-20(10)15(21)8-13-9-24-16(19-13)11-2-4-12(18)5-3-11/h2-5,9-10,14H,6-8H2,1H3,(H,22,23). The number of aliphatic carboxylic acids is 1. The maximum Gasteiger partial charge on any atom is 0.308 e. The summed E-state index contributed by atoms with van der Waals surface area (Å²) in [7, 11) is 0. The normalized spacial score (nSPS) is 20.3. The molecule has 0 saturated carbocycles. The third kappa shape index (κ3) is 3.15. The molecule has 0 spiro atoms. The Hall–Kier alpha value is -2.70. The molecule has 1 aliphatic heterocycles. The van der Waals surface area contributed by atoms with E-state index in [0.717, 1.165) is 0 Å². The number of oxazole rings is 1. The quantitative estimate of drug-likeness (QED) is 0.929. The van der Waals surface area contributed by atoms with Crippen LogP contribution in [-0.4, -0.2) is 39.5 Å². The third-order valence-corrected chi connectivity index (χ3v) is 4.37. The molecule has 126 valence electrons. The summed E-state index contributed by atoms with van der Waals surface area (Å²) in [6.45, 7) is 2.18. The van der Waals surface area contributed by atoms with Gasteiger partial charge in [0.05, 0.1) is 18.0 Å². The van der Waals surface area contributed by atoms with E-state index in [-0.39, 0.29) is 24.2 Å². The molecule has 0 radical (unpaired) electrons. The van der Waals surface area contributed by atoms with Crippen molar-refractivity contribution in [2.24, 2.45) is 5.92 Å². The van der Waals surface area contributed by atoms with E-state index in [4.69, 9.17) is 9.52 Å². The molecule has 3 rings (SSSR count). The van der Waals surface area contributed by atoms with Gasteiger partial charge in [0.2, 0.25) is 11.8 Å². The average Bonchev–Trinajstić information content (AvgIpc) is 3.14. The molecule has 6 nitrogen and oxygen atoms in total. The molecule has 2 unspecified atom stereocenters. The second kappa shape index (κ2) is 6.43. The Bertz CT molecular complexity index is 756. The molecule has 2 aromatic rings. The molecule has 1 aromatic carbocycles. The van der Waals surface area contributed by atoms with Crippen molar-refractivity contribution in [1.82, 2.24) is 9.88 Å². The van der Waals surface area contributed by atoms with Crippen molar-refractivity contribution in [3.63, 3.8) is 0 Å². The fraction of sp³-hybridized carbons (Fsp3) is 0.353. The summed E-state index contributed by atoms with van der Waals surface area (Å²) in [5, 5.41) is 9.13. The van der Waals surface area contributed by atoms with Gasteiger partial charge >= 0.3 is 5.97 Å². The van der Waals surface area contributed by atoms with Crippen LogP contribution >= 0.6 is 0 Å². The molecule has 2 atom stereocenters. The van der Waals surface area contributed by atoms with Crippen LogP contribution in [0.1, 0.15) is 19.0 Å². The third-order valence-electron chi connectivity index (χ3n) is 4.37. The Labute approximate surface area is 137 Å². The minimum absolute atomic E-state index is 0.0430. The predicted molar refractivity (Wildman–Crippen MR) is 82.5 cm³/mol. The largest absolute Gasteiger partial charge is 0.481 e. The van der Waals surface area contributed by atoms with Gasteiger partial charge in [-0.25, -0.2) is 9.37 Å². The van der Waals surface area contributed by atoms with Gasteiger partial charge in [0, 0.05) is 18.2 Å². The lowest BCUT2D eigenvalue weighted by molar-refractivity contribution is -0.143. The van der Waals surface area contributed by atoms with Crippen LogP contribution in [0.2, 0.25) is 0 Å². The lowest BCUT2D eigenvalue weighted by atomic mass is 10.0. The van der Waals surface area contributed by atoms with E-state index in [2.05, 4.69) is 4.98 Å². The zero-order valence-corrected chi connectivity index (χ0v) is 13.1. The van der Waals surface area contributed by atoms with Crippen LogP contribution < -0.4 is 0 Å².